The summed E-state index contributed by atoms with van der Waals surface area (Å²) in [6.45, 7) is 3.82. The third-order valence-corrected chi connectivity index (χ3v) is 3.61. The lowest BCUT2D eigenvalue weighted by atomic mass is 9.91. The Labute approximate surface area is 124 Å². The lowest BCUT2D eigenvalue weighted by Crippen LogP contribution is -2.27. The van der Waals surface area contributed by atoms with Gasteiger partial charge in [-0.2, -0.15) is 0 Å². The zero-order valence-corrected chi connectivity index (χ0v) is 12.5. The van der Waals surface area contributed by atoms with E-state index in [1.807, 2.05) is 42.5 Å². The molecule has 3 heteroatoms. The van der Waals surface area contributed by atoms with Crippen LogP contribution in [-0.2, 0) is 20.7 Å². The highest BCUT2D eigenvalue weighted by Gasteiger charge is 2.27. The lowest BCUT2D eigenvalue weighted by Gasteiger charge is -2.15. The highest BCUT2D eigenvalue weighted by atomic mass is 16.5. The summed E-state index contributed by atoms with van der Waals surface area (Å²) in [6, 6.07) is 13.9. The van der Waals surface area contributed by atoms with E-state index in [0.717, 1.165) is 16.3 Å². The average Bonchev–Trinajstić information content (AvgIpc) is 2.52. The predicted octanol–water partition coefficient (Wildman–Crippen LogP) is 3.54. The molecule has 0 bridgehead atoms. The van der Waals surface area contributed by atoms with Crippen molar-refractivity contribution in [2.24, 2.45) is 5.92 Å². The van der Waals surface area contributed by atoms with Gasteiger partial charge in [0.05, 0.1) is 6.61 Å². The second-order valence-corrected chi connectivity index (χ2v) is 4.97. The van der Waals surface area contributed by atoms with Crippen LogP contribution < -0.4 is 0 Å². The fraction of sp³-hybridized carbons (Fsp3) is 0.333. The Morgan fingerprint density at radius 1 is 1.05 bits per heavy atom. The smallest absolute Gasteiger partial charge is 0.316 e. The van der Waals surface area contributed by atoms with Crippen molar-refractivity contribution in [1.82, 2.24) is 0 Å². The van der Waals surface area contributed by atoms with Crippen LogP contribution in [-0.4, -0.2) is 18.4 Å². The molecule has 0 fully saturated rings. The highest BCUT2D eigenvalue weighted by Crippen LogP contribution is 2.22. The van der Waals surface area contributed by atoms with Gasteiger partial charge in [-0.3, -0.25) is 9.59 Å². The van der Waals surface area contributed by atoms with Crippen molar-refractivity contribution in [3.05, 3.63) is 48.0 Å². The van der Waals surface area contributed by atoms with E-state index in [9.17, 15) is 9.59 Å². The van der Waals surface area contributed by atoms with Crippen LogP contribution in [0.5, 0.6) is 0 Å². The van der Waals surface area contributed by atoms with Crippen LogP contribution in [0.3, 0.4) is 0 Å². The second-order valence-electron chi connectivity index (χ2n) is 4.97. The fourth-order valence-electron chi connectivity index (χ4n) is 2.51. The Morgan fingerprint density at radius 2 is 1.76 bits per heavy atom. The Kier molecular flexibility index (Phi) is 5.09. The van der Waals surface area contributed by atoms with Crippen molar-refractivity contribution in [2.75, 3.05) is 6.61 Å². The number of carbonyl (C=O) groups is 2. The molecule has 1 unspecified atom stereocenters. The zero-order valence-electron chi connectivity index (χ0n) is 12.5. The van der Waals surface area contributed by atoms with Gasteiger partial charge >= 0.3 is 5.97 Å². The number of carbonyl (C=O) groups excluding carboxylic acids is 2. The summed E-state index contributed by atoms with van der Waals surface area (Å²) in [5, 5.41) is 2.19. The molecule has 0 aromatic heterocycles. The molecule has 0 saturated carbocycles. The van der Waals surface area contributed by atoms with E-state index in [1.54, 1.807) is 13.8 Å². The molecule has 0 aliphatic rings. The maximum absolute atomic E-state index is 12.1. The van der Waals surface area contributed by atoms with Crippen molar-refractivity contribution in [3.8, 4) is 0 Å². The Balaban J connectivity index is 2.34. The number of Topliss-reactive ketones (excluding diaryl/α,β-unsaturated/α-hetero) is 1. The van der Waals surface area contributed by atoms with Crippen LogP contribution in [0.2, 0.25) is 0 Å². The van der Waals surface area contributed by atoms with Crippen molar-refractivity contribution in [1.29, 1.82) is 0 Å². The third kappa shape index (κ3) is 3.48. The van der Waals surface area contributed by atoms with E-state index in [-0.39, 0.29) is 5.78 Å². The third-order valence-electron chi connectivity index (χ3n) is 3.61. The van der Waals surface area contributed by atoms with E-state index in [0.29, 0.717) is 19.4 Å². The van der Waals surface area contributed by atoms with E-state index < -0.39 is 11.9 Å². The van der Waals surface area contributed by atoms with Crippen molar-refractivity contribution >= 4 is 22.5 Å². The molecular formula is C18H20O3. The molecule has 2 aromatic carbocycles. The minimum Gasteiger partial charge on any atom is -0.465 e. The first kappa shape index (κ1) is 15.2. The maximum Gasteiger partial charge on any atom is 0.316 e. The molecule has 21 heavy (non-hydrogen) atoms. The molecule has 2 aromatic rings. The standard InChI is InChI=1S/C18H20O3/c1-3-17(19)16(18(20)21-4-2)12-14-10-7-9-13-8-5-6-11-15(13)14/h5-11,16H,3-4,12H2,1-2H3. The van der Waals surface area contributed by atoms with Crippen molar-refractivity contribution < 1.29 is 14.3 Å². The van der Waals surface area contributed by atoms with E-state index in [4.69, 9.17) is 4.74 Å². The summed E-state index contributed by atoms with van der Waals surface area (Å²) in [6.07, 6.45) is 0.737. The minimum atomic E-state index is -0.708. The molecule has 0 spiro atoms. The number of hydrogen-bond acceptors (Lipinski definition) is 3. The molecule has 0 N–H and O–H groups in total. The SMILES string of the molecule is CCOC(=O)C(Cc1cccc2ccccc12)C(=O)CC. The quantitative estimate of drug-likeness (QED) is 0.602. The van der Waals surface area contributed by atoms with E-state index in [1.165, 1.54) is 0 Å². The molecule has 0 aliphatic carbocycles. The van der Waals surface area contributed by atoms with Crippen molar-refractivity contribution in [3.63, 3.8) is 0 Å². The molecule has 1 atom stereocenters. The lowest BCUT2D eigenvalue weighted by molar-refractivity contribution is -0.151. The van der Waals surface area contributed by atoms with Gasteiger partial charge in [-0.25, -0.2) is 0 Å². The topological polar surface area (TPSA) is 43.4 Å². The number of ketones is 1. The monoisotopic (exact) mass is 284 g/mol. The van der Waals surface area contributed by atoms with Gasteiger partial charge in [0.2, 0.25) is 0 Å². The zero-order chi connectivity index (χ0) is 15.2. The Morgan fingerprint density at radius 3 is 2.48 bits per heavy atom. The van der Waals surface area contributed by atoms with Crippen LogP contribution in [0.15, 0.2) is 42.5 Å². The first-order valence-corrected chi connectivity index (χ1v) is 7.33. The predicted molar refractivity (Wildman–Crippen MR) is 83.1 cm³/mol. The van der Waals surface area contributed by atoms with E-state index >= 15 is 0 Å². The minimum absolute atomic E-state index is 0.0682. The molecule has 110 valence electrons. The summed E-state index contributed by atoms with van der Waals surface area (Å²) in [7, 11) is 0. The van der Waals surface area contributed by atoms with Gasteiger partial charge in [-0.05, 0) is 29.7 Å². The molecule has 0 aliphatic heterocycles. The number of esters is 1. The number of fused-ring (bicyclic) bond motifs is 1. The summed E-state index contributed by atoms with van der Waals surface area (Å²) < 4.78 is 5.05. The first-order valence-electron chi connectivity index (χ1n) is 7.33. The maximum atomic E-state index is 12.1. The summed E-state index contributed by atoms with van der Waals surface area (Å²) in [5.41, 5.74) is 1.01. The first-order chi connectivity index (χ1) is 10.2. The van der Waals surface area contributed by atoms with Gasteiger partial charge in [0.15, 0.2) is 0 Å². The molecule has 0 amide bonds. The van der Waals surface area contributed by atoms with Crippen molar-refractivity contribution in [2.45, 2.75) is 26.7 Å². The fourth-order valence-corrected chi connectivity index (χ4v) is 2.51. The molecule has 0 saturated heterocycles. The van der Waals surface area contributed by atoms with Gasteiger partial charge in [-0.1, -0.05) is 49.4 Å². The molecular weight excluding hydrogens is 264 g/mol. The summed E-state index contributed by atoms with van der Waals surface area (Å²) in [5.74, 6) is -1.19. The molecule has 0 radical (unpaired) electrons. The Hall–Kier alpha value is -2.16. The number of ether oxygens (including phenoxy) is 1. The van der Waals surface area contributed by atoms with Crippen LogP contribution in [0, 0.1) is 5.92 Å². The average molecular weight is 284 g/mol. The van der Waals surface area contributed by atoms with Gasteiger partial charge < -0.3 is 4.74 Å². The van der Waals surface area contributed by atoms with Gasteiger partial charge in [0.25, 0.3) is 0 Å². The van der Waals surface area contributed by atoms with Crippen LogP contribution in [0.25, 0.3) is 10.8 Å². The van der Waals surface area contributed by atoms with Gasteiger partial charge in [0.1, 0.15) is 11.7 Å². The molecule has 0 heterocycles. The normalized spacial score (nSPS) is 12.1. The van der Waals surface area contributed by atoms with E-state index in [2.05, 4.69) is 0 Å². The number of benzene rings is 2. The summed E-state index contributed by atoms with van der Waals surface area (Å²) >= 11 is 0. The van der Waals surface area contributed by atoms with Gasteiger partial charge in [-0.15, -0.1) is 0 Å². The molecule has 2 rings (SSSR count). The Bertz CT molecular complexity index is 640. The van der Waals surface area contributed by atoms with Gasteiger partial charge in [0, 0.05) is 6.42 Å². The molecule has 3 nitrogen and oxygen atoms in total. The summed E-state index contributed by atoms with van der Waals surface area (Å²) in [4.78, 5) is 24.1. The highest BCUT2D eigenvalue weighted by molar-refractivity contribution is 5.99. The second kappa shape index (κ2) is 7.02. The number of hydrogen-bond donors (Lipinski definition) is 0. The van der Waals surface area contributed by atoms with Crippen LogP contribution >= 0.6 is 0 Å². The largest absolute Gasteiger partial charge is 0.465 e. The number of rotatable bonds is 6. The van der Waals surface area contributed by atoms with Crippen LogP contribution in [0.4, 0.5) is 0 Å². The van der Waals surface area contributed by atoms with Crippen LogP contribution in [0.1, 0.15) is 25.8 Å².